The number of nitrogens with two attached hydrogens (primary N) is 1. The van der Waals surface area contributed by atoms with Gasteiger partial charge in [0.05, 0.1) is 12.5 Å². The molecule has 0 radical (unpaired) electrons. The van der Waals surface area contributed by atoms with Gasteiger partial charge in [0.25, 0.3) is 0 Å². The molecule has 1 atom stereocenters. The molecule has 2 aromatic rings. The maximum Gasteiger partial charge on any atom is 0.312 e. The van der Waals surface area contributed by atoms with Crippen molar-refractivity contribution in [3.63, 3.8) is 0 Å². The Morgan fingerprint density at radius 2 is 1.96 bits per heavy atom. The molecule has 8 heteroatoms. The number of piperazine rings is 1. The van der Waals surface area contributed by atoms with Crippen LogP contribution in [0.4, 0.5) is 16.2 Å². The molecule has 1 aliphatic rings. The topological polar surface area (TPSA) is 90.7 Å². The standard InChI is InChI=1S/C20H27N5O2S/c1-14-12-15(25-9-7-24(2)8-10-25)5-6-16(14)22-19(26)13-17(23-20(21)27)18-4-3-11-28-18/h3-6,11-12,17H,7-10,13H2,1-2H3,(H,22,26)(H3,21,23,27)/t17-/m1/s1. The number of benzene rings is 1. The van der Waals surface area contributed by atoms with Gasteiger partial charge in [0, 0.05) is 42.4 Å². The zero-order valence-electron chi connectivity index (χ0n) is 16.3. The molecule has 0 aliphatic carbocycles. The summed E-state index contributed by atoms with van der Waals surface area (Å²) in [6, 6.07) is 8.80. The number of primary amides is 1. The van der Waals surface area contributed by atoms with Crippen LogP contribution in [-0.2, 0) is 4.79 Å². The lowest BCUT2D eigenvalue weighted by molar-refractivity contribution is -0.116. The van der Waals surface area contributed by atoms with E-state index < -0.39 is 12.1 Å². The zero-order chi connectivity index (χ0) is 20.1. The Morgan fingerprint density at radius 3 is 2.57 bits per heavy atom. The Bertz CT molecular complexity index is 816. The lowest BCUT2D eigenvalue weighted by Gasteiger charge is -2.34. The first kappa shape index (κ1) is 20.2. The molecule has 3 rings (SSSR count). The molecule has 1 aromatic heterocycles. The van der Waals surface area contributed by atoms with Crippen LogP contribution in [0, 0.1) is 6.92 Å². The quantitative estimate of drug-likeness (QED) is 0.694. The molecule has 1 fully saturated rings. The first-order valence-electron chi connectivity index (χ1n) is 9.36. The molecule has 0 spiro atoms. The van der Waals surface area contributed by atoms with E-state index in [0.29, 0.717) is 0 Å². The Labute approximate surface area is 169 Å². The van der Waals surface area contributed by atoms with E-state index in [4.69, 9.17) is 5.73 Å². The number of amides is 3. The smallest absolute Gasteiger partial charge is 0.312 e. The number of nitrogens with one attached hydrogen (secondary N) is 2. The number of carbonyl (C=O) groups is 2. The van der Waals surface area contributed by atoms with Crippen molar-refractivity contribution in [1.29, 1.82) is 0 Å². The number of hydrogen-bond acceptors (Lipinski definition) is 5. The normalized spacial score (nSPS) is 15.9. The Hall–Kier alpha value is -2.58. The van der Waals surface area contributed by atoms with Crippen LogP contribution in [0.1, 0.15) is 22.9 Å². The van der Waals surface area contributed by atoms with Crippen molar-refractivity contribution >= 4 is 34.6 Å². The van der Waals surface area contributed by atoms with E-state index in [-0.39, 0.29) is 12.3 Å². The van der Waals surface area contributed by atoms with Crippen LogP contribution in [-0.4, -0.2) is 50.1 Å². The number of likely N-dealkylation sites (N-methyl/N-ethyl adjacent to an activating group) is 1. The van der Waals surface area contributed by atoms with Gasteiger partial charge >= 0.3 is 6.03 Å². The summed E-state index contributed by atoms with van der Waals surface area (Å²) in [6.07, 6.45) is 0.128. The molecule has 28 heavy (non-hydrogen) atoms. The third-order valence-corrected chi connectivity index (χ3v) is 5.93. The maximum absolute atomic E-state index is 12.6. The second-order valence-electron chi connectivity index (χ2n) is 7.12. The summed E-state index contributed by atoms with van der Waals surface area (Å²) in [4.78, 5) is 29.4. The van der Waals surface area contributed by atoms with Gasteiger partial charge in [-0.25, -0.2) is 4.79 Å². The van der Waals surface area contributed by atoms with Crippen molar-refractivity contribution in [2.24, 2.45) is 5.73 Å². The van der Waals surface area contributed by atoms with E-state index in [2.05, 4.69) is 33.5 Å². The van der Waals surface area contributed by atoms with Gasteiger partial charge in [0.15, 0.2) is 0 Å². The molecule has 0 bridgehead atoms. The van der Waals surface area contributed by atoms with E-state index in [1.165, 1.54) is 17.0 Å². The van der Waals surface area contributed by atoms with E-state index in [0.717, 1.165) is 42.3 Å². The highest BCUT2D eigenvalue weighted by Crippen LogP contribution is 2.26. The van der Waals surface area contributed by atoms with Gasteiger partial charge in [-0.05, 0) is 49.2 Å². The predicted octanol–water partition coefficient (Wildman–Crippen LogP) is 2.55. The number of aryl methyl sites for hydroxylation is 1. The van der Waals surface area contributed by atoms with Gasteiger partial charge in [-0.15, -0.1) is 11.3 Å². The van der Waals surface area contributed by atoms with Gasteiger partial charge in [0.2, 0.25) is 5.91 Å². The first-order chi connectivity index (χ1) is 13.4. The molecule has 7 nitrogen and oxygen atoms in total. The number of hydrogen-bond donors (Lipinski definition) is 3. The fraction of sp³-hybridized carbons (Fsp3) is 0.400. The fourth-order valence-electron chi connectivity index (χ4n) is 3.32. The van der Waals surface area contributed by atoms with E-state index in [1.54, 1.807) is 0 Å². The highest BCUT2D eigenvalue weighted by molar-refractivity contribution is 7.10. The highest BCUT2D eigenvalue weighted by atomic mass is 32.1. The molecule has 2 heterocycles. The van der Waals surface area contributed by atoms with Crippen LogP contribution in [0.15, 0.2) is 35.7 Å². The van der Waals surface area contributed by atoms with Crippen molar-refractivity contribution in [2.45, 2.75) is 19.4 Å². The molecule has 0 unspecified atom stereocenters. The summed E-state index contributed by atoms with van der Waals surface area (Å²) in [6.45, 7) is 6.10. The highest BCUT2D eigenvalue weighted by Gasteiger charge is 2.19. The van der Waals surface area contributed by atoms with Crippen molar-refractivity contribution in [3.05, 3.63) is 46.2 Å². The Balaban J connectivity index is 1.64. The van der Waals surface area contributed by atoms with Crippen molar-refractivity contribution < 1.29 is 9.59 Å². The summed E-state index contributed by atoms with van der Waals surface area (Å²) in [5, 5.41) is 7.51. The van der Waals surface area contributed by atoms with Gasteiger partial charge in [-0.1, -0.05) is 6.07 Å². The lowest BCUT2D eigenvalue weighted by atomic mass is 10.1. The van der Waals surface area contributed by atoms with Gasteiger partial charge in [0.1, 0.15) is 0 Å². The van der Waals surface area contributed by atoms with Crippen LogP contribution in [0.3, 0.4) is 0 Å². The molecule has 0 saturated carbocycles. The fourth-order valence-corrected chi connectivity index (χ4v) is 4.10. The average molecular weight is 402 g/mol. The molecule has 4 N–H and O–H groups in total. The molecule has 1 aliphatic heterocycles. The van der Waals surface area contributed by atoms with Crippen LogP contribution in [0.25, 0.3) is 0 Å². The van der Waals surface area contributed by atoms with Gasteiger partial charge < -0.3 is 26.2 Å². The number of carbonyl (C=O) groups excluding carboxylic acids is 2. The van der Waals surface area contributed by atoms with E-state index in [1.807, 2.05) is 36.6 Å². The summed E-state index contributed by atoms with van der Waals surface area (Å²) >= 11 is 1.48. The average Bonchev–Trinajstić information content (AvgIpc) is 3.18. The summed E-state index contributed by atoms with van der Waals surface area (Å²) < 4.78 is 0. The van der Waals surface area contributed by atoms with E-state index >= 15 is 0 Å². The van der Waals surface area contributed by atoms with Crippen molar-refractivity contribution in [1.82, 2.24) is 10.2 Å². The monoisotopic (exact) mass is 401 g/mol. The van der Waals surface area contributed by atoms with Gasteiger partial charge in [-0.3, -0.25) is 4.79 Å². The predicted molar refractivity (Wildman–Crippen MR) is 114 cm³/mol. The second kappa shape index (κ2) is 9.07. The number of thiophene rings is 1. The number of anilines is 2. The number of urea groups is 1. The van der Waals surface area contributed by atoms with Crippen molar-refractivity contribution in [2.75, 3.05) is 43.4 Å². The van der Waals surface area contributed by atoms with Crippen LogP contribution < -0.4 is 21.3 Å². The second-order valence-corrected chi connectivity index (χ2v) is 8.10. The largest absolute Gasteiger partial charge is 0.369 e. The molecule has 3 amide bonds. The lowest BCUT2D eigenvalue weighted by Crippen LogP contribution is -2.44. The summed E-state index contributed by atoms with van der Waals surface area (Å²) in [7, 11) is 2.14. The molecular weight excluding hydrogens is 374 g/mol. The first-order valence-corrected chi connectivity index (χ1v) is 10.2. The molecule has 1 aromatic carbocycles. The minimum absolute atomic E-state index is 0.128. The Kier molecular flexibility index (Phi) is 6.53. The third-order valence-electron chi connectivity index (χ3n) is 4.95. The minimum Gasteiger partial charge on any atom is -0.369 e. The zero-order valence-corrected chi connectivity index (χ0v) is 17.1. The molecule has 1 saturated heterocycles. The van der Waals surface area contributed by atoms with Crippen LogP contribution >= 0.6 is 11.3 Å². The maximum atomic E-state index is 12.6. The van der Waals surface area contributed by atoms with Gasteiger partial charge in [-0.2, -0.15) is 0 Å². The summed E-state index contributed by atoms with van der Waals surface area (Å²) in [5.74, 6) is -0.164. The van der Waals surface area contributed by atoms with E-state index in [9.17, 15) is 9.59 Å². The third kappa shape index (κ3) is 5.24. The van der Waals surface area contributed by atoms with Crippen molar-refractivity contribution in [3.8, 4) is 0 Å². The molecule has 150 valence electrons. The minimum atomic E-state index is -0.640. The number of rotatable bonds is 6. The Morgan fingerprint density at radius 1 is 1.21 bits per heavy atom. The number of nitrogens with zero attached hydrogens (tertiary/aromatic N) is 2. The summed E-state index contributed by atoms with van der Waals surface area (Å²) in [5.41, 5.74) is 8.24. The molecular formula is C20H27N5O2S. The SMILES string of the molecule is Cc1cc(N2CCN(C)CC2)ccc1NC(=O)C[C@@H](NC(N)=O)c1cccs1. The van der Waals surface area contributed by atoms with Crippen LogP contribution in [0.5, 0.6) is 0 Å². The van der Waals surface area contributed by atoms with Crippen LogP contribution in [0.2, 0.25) is 0 Å².